The molecule has 1 atom stereocenters. The third-order valence-electron chi connectivity index (χ3n) is 4.50. The first-order valence-corrected chi connectivity index (χ1v) is 9.37. The van der Waals surface area contributed by atoms with E-state index in [9.17, 15) is 24.3 Å². The highest BCUT2D eigenvalue weighted by Gasteiger charge is 2.22. The van der Waals surface area contributed by atoms with Crippen LogP contribution >= 0.6 is 11.6 Å². The van der Waals surface area contributed by atoms with Gasteiger partial charge in [0.25, 0.3) is 0 Å². The number of carboxylic acid groups (broad SMARTS) is 1. The van der Waals surface area contributed by atoms with Gasteiger partial charge in [0.05, 0.1) is 24.1 Å². The Kier molecular flexibility index (Phi) is 7.65. The number of hydrogen-bond donors (Lipinski definition) is 4. The van der Waals surface area contributed by atoms with Crippen molar-refractivity contribution in [3.05, 3.63) is 38.7 Å². The maximum Gasteiger partial charge on any atom is 0.340 e. The lowest BCUT2D eigenvalue weighted by molar-refractivity contribution is -0.141. The summed E-state index contributed by atoms with van der Waals surface area (Å²) in [5.41, 5.74) is 5.08. The molecule has 2 rings (SSSR count). The second-order valence-electron chi connectivity index (χ2n) is 6.54. The van der Waals surface area contributed by atoms with Gasteiger partial charge in [-0.1, -0.05) is 11.6 Å². The molecule has 0 saturated carbocycles. The van der Waals surface area contributed by atoms with Gasteiger partial charge in [0, 0.05) is 18.0 Å². The Morgan fingerprint density at radius 1 is 1.33 bits per heavy atom. The van der Waals surface area contributed by atoms with Gasteiger partial charge in [0.2, 0.25) is 5.91 Å². The second-order valence-corrected chi connectivity index (χ2v) is 6.95. The van der Waals surface area contributed by atoms with Gasteiger partial charge in [-0.2, -0.15) is 0 Å². The number of ether oxygens (including phenoxy) is 1. The molecule has 1 aromatic carbocycles. The number of rotatable bonds is 9. The van der Waals surface area contributed by atoms with Crippen LogP contribution in [0.1, 0.15) is 24.0 Å². The lowest BCUT2D eigenvalue weighted by Crippen LogP contribution is -2.42. The van der Waals surface area contributed by atoms with Gasteiger partial charge in [0.15, 0.2) is 0 Å². The molecule has 1 heterocycles. The fraction of sp³-hybridized carbons (Fsp3) is 0.368. The third-order valence-corrected chi connectivity index (χ3v) is 4.79. The number of carboxylic acids is 1. The molecule has 30 heavy (non-hydrogen) atoms. The molecule has 0 saturated heterocycles. The highest BCUT2D eigenvalue weighted by atomic mass is 35.5. The molecule has 11 heteroatoms. The number of primary amides is 1. The standard InChI is InChI=1S/C19H22ClN3O7/c1-9-10-6-12(20)15(29-2)8-14(10)30-18(27)11(9)7-16(24)23-13(17(25)26)4-3-5-22-19(21)28/h6,8,13H,3-5,7H2,1-2H3,(H,23,24)(H,25,26)(H3,21,22,28). The number of methoxy groups -OCH3 is 1. The summed E-state index contributed by atoms with van der Waals surface area (Å²) in [6.45, 7) is 1.82. The monoisotopic (exact) mass is 439 g/mol. The van der Waals surface area contributed by atoms with E-state index in [1.807, 2.05) is 0 Å². The van der Waals surface area contributed by atoms with E-state index in [0.29, 0.717) is 21.7 Å². The van der Waals surface area contributed by atoms with Crippen LogP contribution in [0.2, 0.25) is 5.02 Å². The first kappa shape index (κ1) is 23.0. The van der Waals surface area contributed by atoms with E-state index in [1.54, 1.807) is 13.0 Å². The van der Waals surface area contributed by atoms with Crippen molar-refractivity contribution in [1.29, 1.82) is 0 Å². The Morgan fingerprint density at radius 2 is 2.03 bits per heavy atom. The minimum atomic E-state index is -1.23. The molecule has 1 unspecified atom stereocenters. The molecule has 1 aromatic heterocycles. The number of benzene rings is 1. The average molecular weight is 440 g/mol. The number of fused-ring (bicyclic) bond motifs is 1. The van der Waals surface area contributed by atoms with Gasteiger partial charge in [-0.3, -0.25) is 4.79 Å². The van der Waals surface area contributed by atoms with Crippen LogP contribution in [-0.2, 0) is 16.0 Å². The van der Waals surface area contributed by atoms with Crippen molar-refractivity contribution in [2.75, 3.05) is 13.7 Å². The Hall–Kier alpha value is -3.27. The molecule has 2 aromatic rings. The molecule has 0 fully saturated rings. The number of aliphatic carboxylic acids is 1. The molecular formula is C19H22ClN3O7. The summed E-state index contributed by atoms with van der Waals surface area (Å²) in [4.78, 5) is 46.8. The van der Waals surface area contributed by atoms with Crippen LogP contribution in [-0.4, -0.2) is 42.7 Å². The van der Waals surface area contributed by atoms with Crippen molar-refractivity contribution in [2.45, 2.75) is 32.2 Å². The van der Waals surface area contributed by atoms with Gasteiger partial charge in [-0.25, -0.2) is 14.4 Å². The molecule has 10 nitrogen and oxygen atoms in total. The number of carbonyl (C=O) groups excluding carboxylic acids is 2. The Morgan fingerprint density at radius 3 is 2.63 bits per heavy atom. The molecule has 3 amide bonds. The maximum absolute atomic E-state index is 12.4. The Labute approximate surface area is 176 Å². The summed E-state index contributed by atoms with van der Waals surface area (Å²) in [6, 6.07) is 1.15. The zero-order valence-corrected chi connectivity index (χ0v) is 17.2. The zero-order chi connectivity index (χ0) is 22.4. The predicted molar refractivity (Wildman–Crippen MR) is 109 cm³/mol. The molecule has 0 radical (unpaired) electrons. The van der Waals surface area contributed by atoms with Crippen LogP contribution in [0.3, 0.4) is 0 Å². The summed E-state index contributed by atoms with van der Waals surface area (Å²) >= 11 is 6.13. The van der Waals surface area contributed by atoms with Gasteiger partial charge >= 0.3 is 17.6 Å². The number of hydrogen-bond acceptors (Lipinski definition) is 6. The minimum absolute atomic E-state index is 0.0715. The summed E-state index contributed by atoms with van der Waals surface area (Å²) in [5, 5.41) is 14.9. The highest BCUT2D eigenvalue weighted by molar-refractivity contribution is 6.32. The number of carbonyl (C=O) groups is 3. The van der Waals surface area contributed by atoms with Crippen molar-refractivity contribution in [2.24, 2.45) is 5.73 Å². The molecule has 0 spiro atoms. The largest absolute Gasteiger partial charge is 0.495 e. The molecule has 0 bridgehead atoms. The van der Waals surface area contributed by atoms with Crippen LogP contribution in [0.15, 0.2) is 21.3 Å². The van der Waals surface area contributed by atoms with Crippen LogP contribution in [0, 0.1) is 6.92 Å². The van der Waals surface area contributed by atoms with E-state index in [-0.39, 0.29) is 37.0 Å². The molecule has 162 valence electrons. The highest BCUT2D eigenvalue weighted by Crippen LogP contribution is 2.31. The molecule has 0 aliphatic heterocycles. The quantitative estimate of drug-likeness (QED) is 0.338. The fourth-order valence-electron chi connectivity index (χ4n) is 2.93. The number of nitrogens with one attached hydrogen (secondary N) is 2. The van der Waals surface area contributed by atoms with Crippen molar-refractivity contribution >= 4 is 40.5 Å². The van der Waals surface area contributed by atoms with Gasteiger partial charge < -0.3 is 30.6 Å². The molecule has 0 aliphatic carbocycles. The maximum atomic E-state index is 12.4. The summed E-state index contributed by atoms with van der Waals surface area (Å²) in [7, 11) is 1.43. The van der Waals surface area contributed by atoms with Crippen molar-refractivity contribution < 1.29 is 28.6 Å². The van der Waals surface area contributed by atoms with E-state index >= 15 is 0 Å². The van der Waals surface area contributed by atoms with Crippen LogP contribution in [0.5, 0.6) is 5.75 Å². The minimum Gasteiger partial charge on any atom is -0.495 e. The summed E-state index contributed by atoms with van der Waals surface area (Å²) < 4.78 is 10.4. The second kappa shape index (κ2) is 9.97. The number of halogens is 1. The number of amides is 3. The van der Waals surface area contributed by atoms with Crippen molar-refractivity contribution in [1.82, 2.24) is 10.6 Å². The first-order valence-electron chi connectivity index (χ1n) is 8.99. The first-order chi connectivity index (χ1) is 14.1. The molecular weight excluding hydrogens is 418 g/mol. The number of nitrogens with two attached hydrogens (primary N) is 1. The van der Waals surface area contributed by atoms with Crippen LogP contribution < -0.4 is 26.7 Å². The van der Waals surface area contributed by atoms with Crippen molar-refractivity contribution in [3.63, 3.8) is 0 Å². The molecule has 0 aliphatic rings. The van der Waals surface area contributed by atoms with Gasteiger partial charge in [-0.05, 0) is 31.4 Å². The van der Waals surface area contributed by atoms with Crippen molar-refractivity contribution in [3.8, 4) is 5.75 Å². The van der Waals surface area contributed by atoms with Gasteiger partial charge in [-0.15, -0.1) is 0 Å². The summed E-state index contributed by atoms with van der Waals surface area (Å²) in [6.07, 6.45) is -0.00318. The zero-order valence-electron chi connectivity index (χ0n) is 16.4. The predicted octanol–water partition coefficient (Wildman–Crippen LogP) is 1.32. The van der Waals surface area contributed by atoms with E-state index in [2.05, 4.69) is 10.6 Å². The van der Waals surface area contributed by atoms with E-state index in [1.165, 1.54) is 13.2 Å². The fourth-order valence-corrected chi connectivity index (χ4v) is 3.17. The van der Waals surface area contributed by atoms with Crippen LogP contribution in [0.4, 0.5) is 4.79 Å². The number of urea groups is 1. The topological polar surface area (TPSA) is 161 Å². The smallest absolute Gasteiger partial charge is 0.340 e. The van der Waals surface area contributed by atoms with Gasteiger partial charge in [0.1, 0.15) is 17.4 Å². The lowest BCUT2D eigenvalue weighted by atomic mass is 10.0. The SMILES string of the molecule is COc1cc2oc(=O)c(CC(=O)NC(CCCNC(N)=O)C(=O)O)c(C)c2cc1Cl. The normalized spacial score (nSPS) is 11.7. The molecule has 5 N–H and O–H groups in total. The Balaban J connectivity index is 2.17. The Bertz CT molecular complexity index is 1030. The van der Waals surface area contributed by atoms with E-state index in [0.717, 1.165) is 0 Å². The summed E-state index contributed by atoms with van der Waals surface area (Å²) in [5.74, 6) is -1.55. The third kappa shape index (κ3) is 5.63. The van der Waals surface area contributed by atoms with E-state index < -0.39 is 29.6 Å². The number of aryl methyl sites for hydroxylation is 1. The average Bonchev–Trinajstić information content (AvgIpc) is 2.67. The van der Waals surface area contributed by atoms with E-state index in [4.69, 9.17) is 26.5 Å². The van der Waals surface area contributed by atoms with Crippen LogP contribution in [0.25, 0.3) is 11.0 Å². The lowest BCUT2D eigenvalue weighted by Gasteiger charge is -2.15.